The summed E-state index contributed by atoms with van der Waals surface area (Å²) < 4.78 is 28.3. The molecule has 0 unspecified atom stereocenters. The number of anilines is 1. The van der Waals surface area contributed by atoms with Gasteiger partial charge in [0.1, 0.15) is 11.3 Å². The molecule has 1 heterocycles. The molecular weight excluding hydrogens is 433 g/mol. The van der Waals surface area contributed by atoms with Gasteiger partial charge in [0, 0.05) is 44.1 Å². The first-order valence-corrected chi connectivity index (χ1v) is 10.4. The maximum Gasteiger partial charge on any atom is 0.414 e. The molecule has 3 aromatic rings. The van der Waals surface area contributed by atoms with Crippen molar-refractivity contribution in [3.8, 4) is 5.75 Å². The van der Waals surface area contributed by atoms with Crippen LogP contribution in [0.15, 0.2) is 39.5 Å². The van der Waals surface area contributed by atoms with E-state index in [4.69, 9.17) is 9.15 Å². The largest absolute Gasteiger partial charge is 0.422 e. The smallest absolute Gasteiger partial charge is 0.414 e. The first-order chi connectivity index (χ1) is 15.1. The van der Waals surface area contributed by atoms with Gasteiger partial charge in [0.15, 0.2) is 5.82 Å². The zero-order valence-electron chi connectivity index (χ0n) is 18.7. The van der Waals surface area contributed by atoms with Gasteiger partial charge in [0.05, 0.1) is 5.69 Å². The quantitative estimate of drug-likeness (QED) is 0.425. The molecule has 0 saturated heterocycles. The number of nitrogens with one attached hydrogen (secondary N) is 1. The predicted molar refractivity (Wildman–Crippen MR) is 126 cm³/mol. The minimum Gasteiger partial charge on any atom is -0.422 e. The van der Waals surface area contributed by atoms with Crippen LogP contribution in [0.5, 0.6) is 5.75 Å². The number of carbonyl (C=O) groups is 1. The van der Waals surface area contributed by atoms with Gasteiger partial charge in [-0.15, -0.1) is 0 Å². The van der Waals surface area contributed by atoms with Crippen molar-refractivity contribution in [2.75, 3.05) is 32.9 Å². The van der Waals surface area contributed by atoms with E-state index in [-0.39, 0.29) is 17.9 Å². The fourth-order valence-corrected chi connectivity index (χ4v) is 3.71. The third kappa shape index (κ3) is 4.89. The Balaban J connectivity index is 2.19. The van der Waals surface area contributed by atoms with Gasteiger partial charge in [-0.1, -0.05) is 24.9 Å². The molecule has 2 aromatic carbocycles. The fraction of sp³-hybridized carbons (Fsp3) is 0.304. The highest BCUT2D eigenvalue weighted by molar-refractivity contribution is 7.81. The van der Waals surface area contributed by atoms with E-state index in [1.807, 2.05) is 25.9 Å². The molecular formula is C23H26FN3O4S. The van der Waals surface area contributed by atoms with Gasteiger partial charge in [-0.3, -0.25) is 0 Å². The number of thiol groups is 1. The first kappa shape index (κ1) is 23.6. The molecule has 0 bridgehead atoms. The second-order valence-corrected chi connectivity index (χ2v) is 8.25. The summed E-state index contributed by atoms with van der Waals surface area (Å²) in [7, 11) is 6.93. The van der Waals surface area contributed by atoms with E-state index < -0.39 is 17.5 Å². The number of carbonyl (C=O) groups excluding carboxylic acids is 1. The van der Waals surface area contributed by atoms with Crippen LogP contribution < -0.4 is 15.1 Å². The van der Waals surface area contributed by atoms with Gasteiger partial charge in [-0.25, -0.2) is 14.0 Å². The minimum atomic E-state index is -0.562. The second kappa shape index (κ2) is 9.62. The van der Waals surface area contributed by atoms with Crippen molar-refractivity contribution < 1.29 is 18.3 Å². The molecule has 0 fully saturated rings. The van der Waals surface area contributed by atoms with E-state index in [0.717, 1.165) is 16.5 Å². The van der Waals surface area contributed by atoms with E-state index in [2.05, 4.69) is 17.5 Å². The lowest BCUT2D eigenvalue weighted by molar-refractivity contribution is 0.172. The van der Waals surface area contributed by atoms with Gasteiger partial charge < -0.3 is 23.7 Å². The maximum atomic E-state index is 14.8. The summed E-state index contributed by atoms with van der Waals surface area (Å²) in [5.74, 6) is -0.195. The highest BCUT2D eigenvalue weighted by Gasteiger charge is 2.21. The Morgan fingerprint density at radius 2 is 1.91 bits per heavy atom. The molecule has 1 N–H and O–H groups in total. The van der Waals surface area contributed by atoms with Crippen molar-refractivity contribution in [2.45, 2.75) is 19.9 Å². The zero-order chi connectivity index (χ0) is 23.6. The Hall–Kier alpha value is -3.04. The van der Waals surface area contributed by atoms with Crippen LogP contribution >= 0.6 is 12.8 Å². The second-order valence-electron chi connectivity index (χ2n) is 8.03. The molecule has 0 spiro atoms. The highest BCUT2D eigenvalue weighted by Crippen LogP contribution is 2.31. The molecule has 0 atom stereocenters. The van der Waals surface area contributed by atoms with Crippen molar-refractivity contribution in [1.82, 2.24) is 9.80 Å². The molecule has 0 radical (unpaired) electrons. The predicted octanol–water partition coefficient (Wildman–Crippen LogP) is 4.21. The summed E-state index contributed by atoms with van der Waals surface area (Å²) in [5, 5.41) is 0.738. The van der Waals surface area contributed by atoms with E-state index in [9.17, 15) is 14.0 Å². The number of amides is 1. The summed E-state index contributed by atoms with van der Waals surface area (Å²) in [6, 6.07) is 8.14. The Morgan fingerprint density at radius 1 is 1.19 bits per heavy atom. The van der Waals surface area contributed by atoms with Gasteiger partial charge >= 0.3 is 11.7 Å². The van der Waals surface area contributed by atoms with E-state index in [1.54, 1.807) is 38.4 Å². The van der Waals surface area contributed by atoms with Crippen LogP contribution in [0.25, 0.3) is 11.0 Å². The van der Waals surface area contributed by atoms with Gasteiger partial charge in [-0.2, -0.15) is 0 Å². The van der Waals surface area contributed by atoms with Crippen molar-refractivity contribution in [2.24, 2.45) is 0 Å². The molecule has 7 nitrogen and oxygen atoms in total. The van der Waals surface area contributed by atoms with Crippen molar-refractivity contribution >= 4 is 35.6 Å². The Labute approximate surface area is 191 Å². The molecule has 0 aliphatic rings. The number of hydrogen-bond donors (Lipinski definition) is 2. The lowest BCUT2D eigenvalue weighted by atomic mass is 9.95. The normalized spacial score (nSPS) is 11.1. The lowest BCUT2D eigenvalue weighted by Gasteiger charge is -2.18. The van der Waals surface area contributed by atoms with Gasteiger partial charge in [0.2, 0.25) is 0 Å². The molecule has 1 amide bonds. The third-order valence-corrected chi connectivity index (χ3v) is 5.24. The minimum absolute atomic E-state index is 0.0629. The monoisotopic (exact) mass is 459 g/mol. The average molecular weight is 460 g/mol. The Morgan fingerprint density at radius 3 is 2.53 bits per heavy atom. The summed E-state index contributed by atoms with van der Waals surface area (Å²) >= 11 is 3.93. The number of rotatable bonds is 6. The highest BCUT2D eigenvalue weighted by atomic mass is 32.1. The van der Waals surface area contributed by atoms with Crippen LogP contribution in [0.4, 0.5) is 14.9 Å². The standard InChI is InChI=1S/C23H26FN3O4S/c1-13-9-15(30-23(29)27(4)5)11-19-20(13)17(12-26(2)3)16(22(28)31-19)10-14-7-6-8-18(25-32)21(14)24/h6-9,11,25,32H,10,12H2,1-5H3. The van der Waals surface area contributed by atoms with Crippen LogP contribution in [0, 0.1) is 12.7 Å². The maximum absolute atomic E-state index is 14.8. The molecule has 1 aromatic heterocycles. The van der Waals surface area contributed by atoms with Crippen LogP contribution in [0.3, 0.4) is 0 Å². The van der Waals surface area contributed by atoms with E-state index in [1.165, 1.54) is 11.0 Å². The number of ether oxygens (including phenoxy) is 1. The van der Waals surface area contributed by atoms with Gasteiger partial charge in [-0.05, 0) is 49.8 Å². The molecule has 0 aliphatic heterocycles. The van der Waals surface area contributed by atoms with Crippen LogP contribution in [0.2, 0.25) is 0 Å². The number of fused-ring (bicyclic) bond motifs is 1. The molecule has 3 rings (SSSR count). The molecule has 170 valence electrons. The van der Waals surface area contributed by atoms with Crippen molar-refractivity contribution in [3.05, 3.63) is 68.8 Å². The summed E-state index contributed by atoms with van der Waals surface area (Å²) in [6.07, 6.45) is -0.475. The fourth-order valence-electron chi connectivity index (χ4n) is 3.54. The average Bonchev–Trinajstić information content (AvgIpc) is 2.70. The van der Waals surface area contributed by atoms with E-state index >= 15 is 0 Å². The van der Waals surface area contributed by atoms with Gasteiger partial charge in [0.25, 0.3) is 0 Å². The summed E-state index contributed by atoms with van der Waals surface area (Å²) in [5.41, 5.74) is 2.23. The van der Waals surface area contributed by atoms with Crippen LogP contribution in [-0.2, 0) is 13.0 Å². The van der Waals surface area contributed by atoms with Crippen molar-refractivity contribution in [3.63, 3.8) is 0 Å². The number of nitrogens with zero attached hydrogens (tertiary/aromatic N) is 2. The van der Waals surface area contributed by atoms with Crippen LogP contribution in [0.1, 0.15) is 22.3 Å². The zero-order valence-corrected chi connectivity index (χ0v) is 19.5. The Kier molecular flexibility index (Phi) is 7.10. The first-order valence-electron chi connectivity index (χ1n) is 9.93. The summed E-state index contributed by atoms with van der Waals surface area (Å²) in [6.45, 7) is 2.30. The molecule has 9 heteroatoms. The summed E-state index contributed by atoms with van der Waals surface area (Å²) in [4.78, 5) is 28.2. The number of benzene rings is 2. The number of aryl methyl sites for hydroxylation is 1. The molecule has 0 aliphatic carbocycles. The SMILES string of the molecule is Cc1cc(OC(=O)N(C)C)cc2oc(=O)c(Cc3cccc(NS)c3F)c(CN(C)C)c12. The third-order valence-electron chi connectivity index (χ3n) is 5.00. The number of hydrogen-bond acceptors (Lipinski definition) is 7. The molecule has 0 saturated carbocycles. The topological polar surface area (TPSA) is 75.0 Å². The van der Waals surface area contributed by atoms with Crippen LogP contribution in [-0.4, -0.2) is 44.1 Å². The lowest BCUT2D eigenvalue weighted by Crippen LogP contribution is -2.25. The van der Waals surface area contributed by atoms with Crippen molar-refractivity contribution in [1.29, 1.82) is 0 Å². The molecule has 32 heavy (non-hydrogen) atoms. The Bertz CT molecular complexity index is 1220. The number of halogens is 1. The van der Waals surface area contributed by atoms with E-state index in [0.29, 0.717) is 23.3 Å².